The van der Waals surface area contributed by atoms with Gasteiger partial charge in [0.15, 0.2) is 0 Å². The summed E-state index contributed by atoms with van der Waals surface area (Å²) in [4.78, 5) is 0. The summed E-state index contributed by atoms with van der Waals surface area (Å²) in [5, 5.41) is 19.7. The van der Waals surface area contributed by atoms with E-state index in [1.165, 1.54) is 6.20 Å². The van der Waals surface area contributed by atoms with E-state index in [1.54, 1.807) is 18.2 Å². The second-order valence-corrected chi connectivity index (χ2v) is 2.93. The van der Waals surface area contributed by atoms with E-state index in [-0.39, 0.29) is 5.69 Å². The second-order valence-electron chi connectivity index (χ2n) is 2.93. The molecule has 0 aromatic heterocycles. The molecule has 1 aliphatic heterocycles. The van der Waals surface area contributed by atoms with Crippen molar-refractivity contribution in [1.29, 1.82) is 0 Å². The third kappa shape index (κ3) is 1.05. The monoisotopic (exact) mass is 194 g/mol. The minimum Gasteiger partial charge on any atom is -0.398 e. The molecule has 1 aliphatic rings. The average molecular weight is 194 g/mol. The largest absolute Gasteiger partial charge is 0.398 e. The maximum atomic E-state index is 9.46. The van der Waals surface area contributed by atoms with Gasteiger partial charge in [0.25, 0.3) is 0 Å². The molecule has 0 fully saturated rings. The smallest absolute Gasteiger partial charge is 0.122 e. The van der Waals surface area contributed by atoms with Crippen molar-refractivity contribution in [1.82, 2.24) is 5.17 Å². The molecule has 0 saturated carbocycles. The number of nitrogens with zero attached hydrogens (tertiary/aromatic N) is 2. The van der Waals surface area contributed by atoms with Crippen molar-refractivity contribution in [2.45, 2.75) is 0 Å². The molecule has 1 aromatic carbocycles. The number of benzene rings is 1. The van der Waals surface area contributed by atoms with Crippen LogP contribution in [0.15, 0.2) is 18.3 Å². The average Bonchev–Trinajstić information content (AvgIpc) is 2.16. The highest BCUT2D eigenvalue weighted by atomic mass is 16.7. The highest BCUT2D eigenvalue weighted by Crippen LogP contribution is 2.35. The van der Waals surface area contributed by atoms with Gasteiger partial charge in [0.05, 0.1) is 11.9 Å². The Morgan fingerprint density at radius 1 is 1.07 bits per heavy atom. The summed E-state index contributed by atoms with van der Waals surface area (Å²) in [6.45, 7) is 0. The molecule has 0 atom stereocenters. The van der Waals surface area contributed by atoms with Crippen LogP contribution in [0.2, 0.25) is 0 Å². The van der Waals surface area contributed by atoms with Crippen LogP contribution in [0.3, 0.4) is 0 Å². The Morgan fingerprint density at radius 3 is 2.43 bits per heavy atom. The van der Waals surface area contributed by atoms with Crippen molar-refractivity contribution >= 4 is 23.1 Å². The van der Waals surface area contributed by atoms with E-state index in [9.17, 15) is 5.21 Å². The maximum Gasteiger partial charge on any atom is 0.122 e. The number of hydrogen-bond acceptors (Lipinski definition) is 6. The Balaban J connectivity index is 2.67. The molecule has 2 rings (SSSR count). The molecular formula is C8H10N4O2. The first-order chi connectivity index (χ1) is 6.61. The van der Waals surface area contributed by atoms with Crippen molar-refractivity contribution in [3.63, 3.8) is 0 Å². The Kier molecular flexibility index (Phi) is 1.73. The van der Waals surface area contributed by atoms with Crippen LogP contribution in [0.25, 0.3) is 6.08 Å². The summed E-state index contributed by atoms with van der Waals surface area (Å²) in [6, 6.07) is 3.20. The number of hydrazine groups is 1. The van der Waals surface area contributed by atoms with Gasteiger partial charge in [-0.05, 0) is 18.2 Å². The van der Waals surface area contributed by atoms with Gasteiger partial charge in [-0.3, -0.25) is 10.4 Å². The number of anilines is 3. The molecule has 0 spiro atoms. The summed E-state index contributed by atoms with van der Waals surface area (Å²) in [5.41, 5.74) is 13.0. The van der Waals surface area contributed by atoms with Gasteiger partial charge in [-0.2, -0.15) is 0 Å². The zero-order chi connectivity index (χ0) is 10.3. The zero-order valence-electron chi connectivity index (χ0n) is 7.25. The number of hydrogen-bond donors (Lipinski definition) is 4. The van der Waals surface area contributed by atoms with Gasteiger partial charge in [0.1, 0.15) is 5.69 Å². The number of nitrogens with two attached hydrogens (primary N) is 2. The van der Waals surface area contributed by atoms with Crippen LogP contribution in [0, 0.1) is 0 Å². The van der Waals surface area contributed by atoms with Gasteiger partial charge in [-0.25, -0.2) is 0 Å². The Bertz CT molecular complexity index is 405. The van der Waals surface area contributed by atoms with E-state index in [0.29, 0.717) is 27.3 Å². The van der Waals surface area contributed by atoms with E-state index >= 15 is 0 Å². The van der Waals surface area contributed by atoms with Crippen molar-refractivity contribution in [2.75, 3.05) is 16.6 Å². The molecule has 1 heterocycles. The molecule has 0 unspecified atom stereocenters. The van der Waals surface area contributed by atoms with Gasteiger partial charge < -0.3 is 11.5 Å². The van der Waals surface area contributed by atoms with Gasteiger partial charge in [-0.1, -0.05) is 0 Å². The molecule has 0 bridgehead atoms. The lowest BCUT2D eigenvalue weighted by Gasteiger charge is -2.29. The Hall–Kier alpha value is -1.92. The van der Waals surface area contributed by atoms with Crippen LogP contribution < -0.4 is 16.6 Å². The highest BCUT2D eigenvalue weighted by molar-refractivity contribution is 5.86. The molecule has 74 valence electrons. The van der Waals surface area contributed by atoms with E-state index in [2.05, 4.69) is 0 Å². The normalized spacial score (nSPS) is 14.4. The molecular weight excluding hydrogens is 184 g/mol. The van der Waals surface area contributed by atoms with Crippen LogP contribution in [-0.2, 0) is 0 Å². The topological polar surface area (TPSA) is 99.0 Å². The van der Waals surface area contributed by atoms with Gasteiger partial charge in [0, 0.05) is 11.3 Å². The van der Waals surface area contributed by atoms with Gasteiger partial charge >= 0.3 is 0 Å². The van der Waals surface area contributed by atoms with Crippen LogP contribution >= 0.6 is 0 Å². The summed E-state index contributed by atoms with van der Waals surface area (Å²) in [7, 11) is 0. The van der Waals surface area contributed by atoms with Crippen LogP contribution in [0.4, 0.5) is 17.1 Å². The molecule has 6 heteroatoms. The fraction of sp³-hybridized carbons (Fsp3) is 0. The minimum atomic E-state index is 0.273. The number of nitrogen functional groups attached to an aromatic ring is 2. The van der Waals surface area contributed by atoms with Crippen LogP contribution in [-0.4, -0.2) is 15.6 Å². The van der Waals surface area contributed by atoms with Crippen LogP contribution in [0.5, 0.6) is 0 Å². The van der Waals surface area contributed by atoms with Crippen LogP contribution in [0.1, 0.15) is 5.56 Å². The van der Waals surface area contributed by atoms with Crippen molar-refractivity contribution in [3.05, 3.63) is 23.9 Å². The molecule has 14 heavy (non-hydrogen) atoms. The Morgan fingerprint density at radius 2 is 1.71 bits per heavy atom. The van der Waals surface area contributed by atoms with E-state index in [4.69, 9.17) is 16.7 Å². The number of hydroxylamine groups is 1. The first-order valence-electron chi connectivity index (χ1n) is 3.94. The van der Waals surface area contributed by atoms with Crippen molar-refractivity contribution in [3.8, 4) is 0 Å². The SMILES string of the molecule is Nc1ccc(N)c2c1C=CN(O)N2O. The maximum absolute atomic E-state index is 9.46. The molecule has 0 amide bonds. The molecule has 1 aromatic rings. The van der Waals surface area contributed by atoms with E-state index in [0.717, 1.165) is 0 Å². The zero-order valence-corrected chi connectivity index (χ0v) is 7.25. The van der Waals surface area contributed by atoms with Crippen molar-refractivity contribution < 1.29 is 10.4 Å². The number of rotatable bonds is 0. The Labute approximate surface area is 80.1 Å². The minimum absolute atomic E-state index is 0.273. The quantitative estimate of drug-likeness (QED) is 0.452. The summed E-state index contributed by atoms with van der Waals surface area (Å²) in [5.74, 6) is 0. The lowest BCUT2D eigenvalue weighted by atomic mass is 10.1. The van der Waals surface area contributed by atoms with E-state index < -0.39 is 0 Å². The third-order valence-electron chi connectivity index (χ3n) is 2.05. The molecule has 0 radical (unpaired) electrons. The predicted molar refractivity (Wildman–Crippen MR) is 52.2 cm³/mol. The number of fused-ring (bicyclic) bond motifs is 1. The predicted octanol–water partition coefficient (Wildman–Crippen LogP) is 0.637. The standard InChI is InChI=1S/C8H10N4O2/c9-6-1-2-7(10)8-5(6)3-4-11(13)12(8)14/h1-4,13-14H,9-10H2. The first kappa shape index (κ1) is 8.67. The molecule has 6 nitrogen and oxygen atoms in total. The fourth-order valence-corrected chi connectivity index (χ4v) is 1.35. The highest BCUT2D eigenvalue weighted by Gasteiger charge is 2.21. The van der Waals surface area contributed by atoms with E-state index in [1.807, 2.05) is 0 Å². The molecule has 6 N–H and O–H groups in total. The van der Waals surface area contributed by atoms with Gasteiger partial charge in [0.2, 0.25) is 0 Å². The summed E-state index contributed by atoms with van der Waals surface area (Å²) < 4.78 is 0. The lowest BCUT2D eigenvalue weighted by molar-refractivity contribution is -0.122. The summed E-state index contributed by atoms with van der Waals surface area (Å²) >= 11 is 0. The lowest BCUT2D eigenvalue weighted by Crippen LogP contribution is -2.36. The van der Waals surface area contributed by atoms with Crippen molar-refractivity contribution in [2.24, 2.45) is 0 Å². The molecule has 0 aliphatic carbocycles. The fourth-order valence-electron chi connectivity index (χ4n) is 1.35. The molecule has 0 saturated heterocycles. The third-order valence-corrected chi connectivity index (χ3v) is 2.05. The van der Waals surface area contributed by atoms with Gasteiger partial charge in [-0.15, -0.1) is 10.3 Å². The second kappa shape index (κ2) is 2.79. The summed E-state index contributed by atoms with van der Waals surface area (Å²) in [6.07, 6.45) is 2.83. The first-order valence-corrected chi connectivity index (χ1v) is 3.94.